The smallest absolute Gasteiger partial charge is 0.273 e. The number of carbonyl (C=O) groups is 2. The number of hydrogen-bond acceptors (Lipinski definition) is 5. The second-order valence-corrected chi connectivity index (χ2v) is 8.14. The van der Waals surface area contributed by atoms with Crippen LogP contribution in [0.1, 0.15) is 44.1 Å². The van der Waals surface area contributed by atoms with Crippen LogP contribution in [0, 0.1) is 11.3 Å². The van der Waals surface area contributed by atoms with Crippen LogP contribution in [-0.2, 0) is 16.1 Å². The Morgan fingerprint density at radius 1 is 1.37 bits per heavy atom. The molecule has 3 N–H and O–H groups in total. The molecule has 146 valence electrons. The van der Waals surface area contributed by atoms with Crippen LogP contribution in [0.4, 0.5) is 0 Å². The molecule has 1 atom stereocenters. The number of amides is 2. The number of hydrogen-bond donors (Lipinski definition) is 2. The van der Waals surface area contributed by atoms with Gasteiger partial charge < -0.3 is 15.8 Å². The zero-order chi connectivity index (χ0) is 19.6. The van der Waals surface area contributed by atoms with Gasteiger partial charge in [-0.15, -0.1) is 0 Å². The maximum absolute atomic E-state index is 12.9. The Kier molecular flexibility index (Phi) is 5.46. The van der Waals surface area contributed by atoms with Crippen molar-refractivity contribution in [1.29, 1.82) is 0 Å². The molecule has 0 aliphatic carbocycles. The summed E-state index contributed by atoms with van der Waals surface area (Å²) in [7, 11) is 0. The Hall–Kier alpha value is -2.48. The molecule has 0 aromatic carbocycles. The molecular weight excluding hydrogens is 346 g/mol. The standard InChI is InChI=1S/C19H27N5O3/c1-19(2,3)15(16(20)25)22-18(26)14-13-5-4-8-21-17(13)24(23-14)11-12-6-9-27-10-7-12/h4-5,8,12,15H,6-7,9-11H2,1-3H3,(H2,20,25)(H,22,26). The highest BCUT2D eigenvalue weighted by atomic mass is 16.5. The molecule has 1 saturated heterocycles. The summed E-state index contributed by atoms with van der Waals surface area (Å²) in [6.45, 7) is 7.74. The van der Waals surface area contributed by atoms with E-state index in [0.717, 1.165) is 26.1 Å². The van der Waals surface area contributed by atoms with Crippen molar-refractivity contribution in [2.45, 2.75) is 46.2 Å². The lowest BCUT2D eigenvalue weighted by molar-refractivity contribution is -0.122. The second-order valence-electron chi connectivity index (χ2n) is 8.14. The second kappa shape index (κ2) is 7.64. The molecule has 0 spiro atoms. The first-order valence-corrected chi connectivity index (χ1v) is 9.27. The van der Waals surface area contributed by atoms with Crippen LogP contribution in [0.3, 0.4) is 0 Å². The van der Waals surface area contributed by atoms with Gasteiger partial charge >= 0.3 is 0 Å². The summed E-state index contributed by atoms with van der Waals surface area (Å²) in [5, 5.41) is 7.94. The fraction of sp³-hybridized carbons (Fsp3) is 0.579. The highest BCUT2D eigenvalue weighted by Crippen LogP contribution is 2.23. The van der Waals surface area contributed by atoms with E-state index in [1.807, 2.05) is 26.8 Å². The summed E-state index contributed by atoms with van der Waals surface area (Å²) in [4.78, 5) is 29.1. The van der Waals surface area contributed by atoms with E-state index in [-0.39, 0.29) is 5.69 Å². The molecule has 2 aromatic rings. The predicted molar refractivity (Wildman–Crippen MR) is 101 cm³/mol. The van der Waals surface area contributed by atoms with Crippen molar-refractivity contribution in [2.75, 3.05) is 13.2 Å². The Labute approximate surface area is 158 Å². The molecule has 1 fully saturated rings. The van der Waals surface area contributed by atoms with Gasteiger partial charge in [0.2, 0.25) is 5.91 Å². The summed E-state index contributed by atoms with van der Waals surface area (Å²) in [6.07, 6.45) is 3.61. The number of ether oxygens (including phenoxy) is 1. The molecule has 3 rings (SSSR count). The summed E-state index contributed by atoms with van der Waals surface area (Å²) in [5.74, 6) is -0.551. The first-order chi connectivity index (χ1) is 12.8. The number of nitrogens with zero attached hydrogens (tertiary/aromatic N) is 3. The van der Waals surface area contributed by atoms with E-state index in [4.69, 9.17) is 10.5 Å². The minimum Gasteiger partial charge on any atom is -0.381 e. The van der Waals surface area contributed by atoms with Crippen molar-refractivity contribution in [3.63, 3.8) is 0 Å². The van der Waals surface area contributed by atoms with Crippen LogP contribution in [0.2, 0.25) is 0 Å². The third-order valence-corrected chi connectivity index (χ3v) is 4.92. The molecule has 8 heteroatoms. The highest BCUT2D eigenvalue weighted by molar-refractivity contribution is 6.05. The number of pyridine rings is 1. The van der Waals surface area contributed by atoms with Crippen LogP contribution in [0.5, 0.6) is 0 Å². The van der Waals surface area contributed by atoms with E-state index in [2.05, 4.69) is 15.4 Å². The van der Waals surface area contributed by atoms with E-state index < -0.39 is 23.3 Å². The van der Waals surface area contributed by atoms with E-state index in [9.17, 15) is 9.59 Å². The minimum absolute atomic E-state index is 0.264. The average molecular weight is 373 g/mol. The molecule has 1 aliphatic rings. The van der Waals surface area contributed by atoms with Crippen molar-refractivity contribution in [1.82, 2.24) is 20.1 Å². The lowest BCUT2D eigenvalue weighted by atomic mass is 9.86. The van der Waals surface area contributed by atoms with Gasteiger partial charge in [-0.05, 0) is 36.3 Å². The molecule has 1 unspecified atom stereocenters. The first-order valence-electron chi connectivity index (χ1n) is 9.27. The van der Waals surface area contributed by atoms with Crippen molar-refractivity contribution >= 4 is 22.8 Å². The summed E-state index contributed by atoms with van der Waals surface area (Å²) < 4.78 is 7.20. The number of fused-ring (bicyclic) bond motifs is 1. The van der Waals surface area contributed by atoms with Crippen molar-refractivity contribution in [2.24, 2.45) is 17.1 Å². The molecule has 27 heavy (non-hydrogen) atoms. The highest BCUT2D eigenvalue weighted by Gasteiger charge is 2.32. The van der Waals surface area contributed by atoms with Crippen LogP contribution in [0.15, 0.2) is 18.3 Å². The molecule has 0 radical (unpaired) electrons. The van der Waals surface area contributed by atoms with Crippen LogP contribution in [-0.4, -0.2) is 45.8 Å². The average Bonchev–Trinajstić information content (AvgIpc) is 2.98. The van der Waals surface area contributed by atoms with Crippen molar-refractivity contribution in [3.05, 3.63) is 24.0 Å². The zero-order valence-electron chi connectivity index (χ0n) is 16.1. The van der Waals surface area contributed by atoms with Gasteiger partial charge in [0.25, 0.3) is 5.91 Å². The lowest BCUT2D eigenvalue weighted by Crippen LogP contribution is -2.52. The van der Waals surface area contributed by atoms with Gasteiger partial charge in [0.05, 0.1) is 5.39 Å². The van der Waals surface area contributed by atoms with E-state index in [0.29, 0.717) is 23.5 Å². The molecule has 2 amide bonds. The number of aromatic nitrogens is 3. The molecule has 3 heterocycles. The first kappa shape index (κ1) is 19.3. The van der Waals surface area contributed by atoms with Crippen molar-refractivity contribution < 1.29 is 14.3 Å². The van der Waals surface area contributed by atoms with Gasteiger partial charge in [0.15, 0.2) is 11.3 Å². The van der Waals surface area contributed by atoms with Crippen LogP contribution < -0.4 is 11.1 Å². The number of nitrogens with two attached hydrogens (primary N) is 1. The van der Waals surface area contributed by atoms with Crippen LogP contribution >= 0.6 is 0 Å². The fourth-order valence-corrected chi connectivity index (χ4v) is 3.39. The molecule has 2 aromatic heterocycles. The van der Waals surface area contributed by atoms with Gasteiger partial charge in [-0.25, -0.2) is 9.67 Å². The monoisotopic (exact) mass is 373 g/mol. The third kappa shape index (κ3) is 4.27. The summed E-state index contributed by atoms with van der Waals surface area (Å²) in [5.41, 5.74) is 5.92. The zero-order valence-corrected chi connectivity index (χ0v) is 16.1. The normalized spacial score (nSPS) is 17.0. The summed E-state index contributed by atoms with van der Waals surface area (Å²) in [6, 6.07) is 2.80. The quantitative estimate of drug-likeness (QED) is 0.824. The predicted octanol–water partition coefficient (Wildman–Crippen LogP) is 1.49. The number of carbonyl (C=O) groups excluding carboxylic acids is 2. The maximum Gasteiger partial charge on any atom is 0.273 e. The maximum atomic E-state index is 12.9. The van der Waals surface area contributed by atoms with Gasteiger partial charge in [0, 0.05) is 26.0 Å². The SMILES string of the molecule is CC(C)(C)C(NC(=O)c1nn(CC2CCOCC2)c2ncccc12)C(N)=O. The fourth-order valence-electron chi connectivity index (χ4n) is 3.39. The third-order valence-electron chi connectivity index (χ3n) is 4.92. The number of rotatable bonds is 5. The largest absolute Gasteiger partial charge is 0.381 e. The van der Waals surface area contributed by atoms with Gasteiger partial charge in [-0.3, -0.25) is 9.59 Å². The Morgan fingerprint density at radius 3 is 2.70 bits per heavy atom. The molecule has 0 bridgehead atoms. The van der Waals surface area contributed by atoms with Crippen molar-refractivity contribution in [3.8, 4) is 0 Å². The lowest BCUT2D eigenvalue weighted by Gasteiger charge is -2.28. The van der Waals surface area contributed by atoms with Gasteiger partial charge in [-0.1, -0.05) is 20.8 Å². The Balaban J connectivity index is 1.89. The Morgan fingerprint density at radius 2 is 2.07 bits per heavy atom. The van der Waals surface area contributed by atoms with Gasteiger partial charge in [-0.2, -0.15) is 5.10 Å². The van der Waals surface area contributed by atoms with E-state index in [1.165, 1.54) is 0 Å². The topological polar surface area (TPSA) is 112 Å². The number of primary amides is 1. The number of nitrogens with one attached hydrogen (secondary N) is 1. The van der Waals surface area contributed by atoms with E-state index in [1.54, 1.807) is 16.9 Å². The summed E-state index contributed by atoms with van der Waals surface area (Å²) >= 11 is 0. The Bertz CT molecular complexity index is 833. The molecule has 1 aliphatic heterocycles. The molecule has 0 saturated carbocycles. The molecule has 8 nitrogen and oxygen atoms in total. The minimum atomic E-state index is -0.794. The van der Waals surface area contributed by atoms with Gasteiger partial charge in [0.1, 0.15) is 6.04 Å². The van der Waals surface area contributed by atoms with E-state index >= 15 is 0 Å². The molecular formula is C19H27N5O3. The van der Waals surface area contributed by atoms with Crippen LogP contribution in [0.25, 0.3) is 11.0 Å².